The highest BCUT2D eigenvalue weighted by atomic mass is 19.4. The Bertz CT molecular complexity index is 1620. The summed E-state index contributed by atoms with van der Waals surface area (Å²) in [5.41, 5.74) is -2.40. The van der Waals surface area contributed by atoms with Crippen LogP contribution >= 0.6 is 0 Å². The van der Waals surface area contributed by atoms with Crippen molar-refractivity contribution in [3.63, 3.8) is 0 Å². The van der Waals surface area contributed by atoms with Gasteiger partial charge in [0.1, 0.15) is 23.3 Å². The minimum Gasteiger partial charge on any atom is -0.490 e. The summed E-state index contributed by atoms with van der Waals surface area (Å²) >= 11 is 0. The van der Waals surface area contributed by atoms with Crippen molar-refractivity contribution in [2.45, 2.75) is 194 Å². The van der Waals surface area contributed by atoms with E-state index in [0.29, 0.717) is 16.5 Å². The van der Waals surface area contributed by atoms with Crippen LogP contribution in [0.25, 0.3) is 0 Å². The molecule has 3 aromatic carbocycles. The fraction of sp³-hybridized carbons (Fsp3) is 0.647. The molecule has 1 atom stereocenters. The molecule has 0 bridgehead atoms. The lowest BCUT2D eigenvalue weighted by Gasteiger charge is -2.46. The van der Waals surface area contributed by atoms with Crippen LogP contribution in [-0.4, -0.2) is 31.4 Å². The first-order valence-electron chi connectivity index (χ1n) is 24.4. The summed E-state index contributed by atoms with van der Waals surface area (Å²) in [6.45, 7) is 10.9. The molecule has 0 N–H and O–H groups in total. The Labute approximate surface area is 383 Å². The van der Waals surface area contributed by atoms with E-state index in [9.17, 15) is 39.5 Å². The maximum Gasteiger partial charge on any atom is 0.864 e. The molecule has 0 aliphatic carbocycles. The van der Waals surface area contributed by atoms with Crippen molar-refractivity contribution in [2.75, 3.05) is 19.6 Å². The molecule has 0 fully saturated rings. The Balaban J connectivity index is 2.25. The van der Waals surface area contributed by atoms with E-state index in [4.69, 9.17) is 14.0 Å². The first kappa shape index (κ1) is 55.8. The fourth-order valence-electron chi connectivity index (χ4n) is 8.67. The number of nitrogens with zero attached hydrogens (tertiary/aromatic N) is 1. The molecule has 0 saturated carbocycles. The van der Waals surface area contributed by atoms with Crippen molar-refractivity contribution in [2.24, 2.45) is 0 Å². The maximum atomic E-state index is 14.8. The van der Waals surface area contributed by atoms with Crippen LogP contribution in [0.4, 0.5) is 39.5 Å². The maximum absolute atomic E-state index is 14.8. The highest BCUT2D eigenvalue weighted by Gasteiger charge is 2.42. The van der Waals surface area contributed by atoms with E-state index >= 15 is 0 Å². The van der Waals surface area contributed by atoms with Crippen LogP contribution in [0.5, 0.6) is 17.2 Å². The van der Waals surface area contributed by atoms with E-state index in [1.807, 2.05) is 0 Å². The zero-order valence-corrected chi connectivity index (χ0v) is 39.3. The third-order valence-corrected chi connectivity index (χ3v) is 12.4. The molecule has 0 aromatic heterocycles. The lowest BCUT2D eigenvalue weighted by atomic mass is 9.91. The van der Waals surface area contributed by atoms with Crippen LogP contribution in [0.15, 0.2) is 66.7 Å². The molecule has 14 heteroatoms. The highest BCUT2D eigenvalue weighted by Crippen LogP contribution is 2.44. The second-order valence-corrected chi connectivity index (χ2v) is 17.6. The standard InChI is InChI=1S/C51H74BF9NO3/c1-5-9-13-16-19-23-37-62(38-24-20-17-14-10-6-2,39-25-21-18-15-11-7-3)47(26-22-12-8-4)46-40-43(51(59,60)61)31-36-48(46)65-52(63-44-32-27-41(28-33-44)49(53,54)55)64-45-34-29-42(30-35-45)50(56,57)58/h27-36,40,47H,5-26,37-39H2,1-4H3/q+1. The fourth-order valence-corrected chi connectivity index (χ4v) is 8.67. The van der Waals surface area contributed by atoms with E-state index in [0.717, 1.165) is 209 Å². The summed E-state index contributed by atoms with van der Waals surface area (Å²) in [6, 6.07) is 10.4. The smallest absolute Gasteiger partial charge is 0.490 e. The monoisotopic (exact) mass is 931 g/mol. The van der Waals surface area contributed by atoms with Gasteiger partial charge in [-0.3, -0.25) is 0 Å². The van der Waals surface area contributed by atoms with Crippen LogP contribution in [0.3, 0.4) is 0 Å². The van der Waals surface area contributed by atoms with Crippen LogP contribution in [0.1, 0.15) is 197 Å². The molecule has 3 aromatic rings. The molecule has 4 nitrogen and oxygen atoms in total. The van der Waals surface area contributed by atoms with Crippen LogP contribution in [-0.2, 0) is 18.5 Å². The summed E-state index contributed by atoms with van der Waals surface area (Å²) in [7, 11) is -1.83. The van der Waals surface area contributed by atoms with Gasteiger partial charge >= 0.3 is 25.9 Å². The molecule has 0 radical (unpaired) electrons. The quantitative estimate of drug-likeness (QED) is 0.0264. The predicted molar refractivity (Wildman–Crippen MR) is 244 cm³/mol. The third kappa shape index (κ3) is 20.1. The van der Waals surface area contributed by atoms with Crippen LogP contribution < -0.4 is 14.0 Å². The molecular weight excluding hydrogens is 856 g/mol. The van der Waals surface area contributed by atoms with E-state index in [1.54, 1.807) is 0 Å². The van der Waals surface area contributed by atoms with Crippen molar-refractivity contribution in [1.29, 1.82) is 0 Å². The minimum absolute atomic E-state index is 0.0414. The Kier molecular flexibility index (Phi) is 24.5. The molecule has 0 amide bonds. The summed E-state index contributed by atoms with van der Waals surface area (Å²) in [6.07, 6.45) is 8.22. The minimum atomic E-state index is -4.69. The number of halogens is 9. The SMILES string of the molecule is CCCCCCCC[N+](CCCCCCCC)(CCCCCCCC)C(CCCCC)c1cc(C(F)(F)F)ccc1OB(Oc1ccc(C(F)(F)F)cc1)Oc1ccc(C(F)(F)F)cc1. The third-order valence-electron chi connectivity index (χ3n) is 12.4. The topological polar surface area (TPSA) is 27.7 Å². The molecule has 0 aliphatic heterocycles. The molecule has 1 unspecified atom stereocenters. The summed E-state index contributed by atoms with van der Waals surface area (Å²) < 4.78 is 145. The Morgan fingerprint density at radius 1 is 0.415 bits per heavy atom. The number of hydrogen-bond acceptors (Lipinski definition) is 3. The van der Waals surface area contributed by atoms with E-state index < -0.39 is 48.6 Å². The summed E-state index contributed by atoms with van der Waals surface area (Å²) in [4.78, 5) is 0. The van der Waals surface area contributed by atoms with Gasteiger partial charge in [-0.05, 0) is 112 Å². The summed E-state index contributed by atoms with van der Waals surface area (Å²) in [5.74, 6) is -0.205. The average Bonchev–Trinajstić information content (AvgIpc) is 3.25. The van der Waals surface area contributed by atoms with E-state index in [-0.39, 0.29) is 17.2 Å². The van der Waals surface area contributed by atoms with Gasteiger partial charge in [-0.25, -0.2) is 0 Å². The highest BCUT2D eigenvalue weighted by molar-refractivity contribution is 6.39. The van der Waals surface area contributed by atoms with Crippen molar-refractivity contribution in [3.05, 3.63) is 89.0 Å². The normalized spacial score (nSPS) is 12.9. The number of rotatable bonds is 33. The van der Waals surface area contributed by atoms with Gasteiger partial charge in [0.15, 0.2) is 0 Å². The molecule has 0 heterocycles. The van der Waals surface area contributed by atoms with Gasteiger partial charge < -0.3 is 18.4 Å². The number of quaternary nitrogens is 1. The molecule has 3 rings (SSSR count). The molecule has 0 spiro atoms. The largest absolute Gasteiger partial charge is 0.864 e. The second-order valence-electron chi connectivity index (χ2n) is 17.6. The predicted octanol–water partition coefficient (Wildman–Crippen LogP) is 17.8. The number of alkyl halides is 9. The Morgan fingerprint density at radius 2 is 0.754 bits per heavy atom. The van der Waals surface area contributed by atoms with E-state index in [2.05, 4.69) is 27.7 Å². The molecule has 0 aliphatic rings. The van der Waals surface area contributed by atoms with Gasteiger partial charge in [-0.15, -0.1) is 0 Å². The van der Waals surface area contributed by atoms with Crippen molar-refractivity contribution in [3.8, 4) is 17.2 Å². The van der Waals surface area contributed by atoms with Gasteiger partial charge in [0.05, 0.1) is 41.9 Å². The Morgan fingerprint density at radius 3 is 1.12 bits per heavy atom. The number of benzene rings is 3. The molecule has 65 heavy (non-hydrogen) atoms. The lowest BCUT2D eigenvalue weighted by molar-refractivity contribution is -0.958. The van der Waals surface area contributed by atoms with E-state index in [1.165, 1.54) is 12.1 Å². The van der Waals surface area contributed by atoms with Gasteiger partial charge in [0, 0.05) is 6.42 Å². The molecule has 0 saturated heterocycles. The molecular formula is C51H74BF9NO3+. The summed E-state index contributed by atoms with van der Waals surface area (Å²) in [5, 5.41) is 0. The average molecular weight is 931 g/mol. The first-order chi connectivity index (χ1) is 31.0. The van der Waals surface area contributed by atoms with Crippen LogP contribution in [0.2, 0.25) is 0 Å². The van der Waals surface area contributed by atoms with Crippen molar-refractivity contribution < 1.29 is 58.0 Å². The Hall–Kier alpha value is -3.55. The van der Waals surface area contributed by atoms with Gasteiger partial charge in [-0.2, -0.15) is 39.5 Å². The van der Waals surface area contributed by atoms with Gasteiger partial charge in [0.25, 0.3) is 0 Å². The van der Waals surface area contributed by atoms with Gasteiger partial charge in [-0.1, -0.05) is 118 Å². The van der Waals surface area contributed by atoms with Crippen LogP contribution in [0, 0.1) is 0 Å². The van der Waals surface area contributed by atoms with Crippen molar-refractivity contribution >= 4 is 7.32 Å². The molecule has 366 valence electrons. The first-order valence-corrected chi connectivity index (χ1v) is 24.4. The number of hydrogen-bond donors (Lipinski definition) is 0. The lowest BCUT2D eigenvalue weighted by Crippen LogP contribution is -2.53. The van der Waals surface area contributed by atoms with Crippen molar-refractivity contribution in [1.82, 2.24) is 0 Å². The zero-order chi connectivity index (χ0) is 47.8. The second kappa shape index (κ2) is 28.6. The van der Waals surface area contributed by atoms with Gasteiger partial charge in [0.2, 0.25) is 0 Å². The zero-order valence-electron chi connectivity index (χ0n) is 39.3. The number of unbranched alkanes of at least 4 members (excludes halogenated alkanes) is 17.